The molecule has 6 nitrogen and oxygen atoms in total. The van der Waals surface area contributed by atoms with Crippen LogP contribution in [0.2, 0.25) is 0 Å². The van der Waals surface area contributed by atoms with Gasteiger partial charge in [0.15, 0.2) is 5.65 Å². The maximum absolute atomic E-state index is 11.8. The van der Waals surface area contributed by atoms with Gasteiger partial charge in [-0.15, -0.1) is 5.10 Å². The van der Waals surface area contributed by atoms with Crippen LogP contribution in [-0.2, 0) is 4.79 Å². The molecule has 20 heavy (non-hydrogen) atoms. The third kappa shape index (κ3) is 1.98. The first-order chi connectivity index (χ1) is 9.81. The molecule has 1 aliphatic heterocycles. The zero-order valence-electron chi connectivity index (χ0n) is 11.0. The fourth-order valence-electron chi connectivity index (χ4n) is 2.43. The van der Waals surface area contributed by atoms with Crippen LogP contribution in [0.1, 0.15) is 18.5 Å². The number of fused-ring (bicyclic) bond motifs is 1. The van der Waals surface area contributed by atoms with E-state index in [4.69, 9.17) is 0 Å². The number of hydrogen-bond donors (Lipinski definition) is 2. The molecule has 3 heterocycles. The molecule has 2 aromatic rings. The van der Waals surface area contributed by atoms with Gasteiger partial charge in [-0.1, -0.05) is 12.1 Å². The first-order valence-corrected chi connectivity index (χ1v) is 6.88. The van der Waals surface area contributed by atoms with Crippen LogP contribution in [0.25, 0.3) is 11.2 Å². The average molecular weight is 269 g/mol. The Balaban J connectivity index is 1.71. The average Bonchev–Trinajstić information content (AvgIpc) is 3.00. The van der Waals surface area contributed by atoms with E-state index in [2.05, 4.69) is 26.8 Å². The molecule has 4 rings (SSSR count). The first kappa shape index (κ1) is 11.6. The quantitative estimate of drug-likeness (QED) is 0.874. The Morgan fingerprint density at radius 2 is 2.30 bits per heavy atom. The molecular formula is C14H15N5O. The molecule has 0 spiro atoms. The number of anilines is 1. The van der Waals surface area contributed by atoms with Crippen LogP contribution in [-0.4, -0.2) is 33.6 Å². The Morgan fingerprint density at radius 1 is 1.40 bits per heavy atom. The number of nitrogens with zero attached hydrogens (tertiary/aromatic N) is 3. The number of aromatic nitrogens is 3. The molecule has 2 aliphatic rings. The monoisotopic (exact) mass is 269 g/mol. The highest BCUT2D eigenvalue weighted by Crippen LogP contribution is 2.29. The van der Waals surface area contributed by atoms with Crippen molar-refractivity contribution in [3.63, 3.8) is 0 Å². The highest BCUT2D eigenvalue weighted by Gasteiger charge is 2.30. The van der Waals surface area contributed by atoms with Crippen molar-refractivity contribution in [1.82, 2.24) is 19.9 Å². The van der Waals surface area contributed by atoms with Crippen molar-refractivity contribution >= 4 is 23.1 Å². The van der Waals surface area contributed by atoms with E-state index >= 15 is 0 Å². The lowest BCUT2D eigenvalue weighted by molar-refractivity contribution is -0.117. The Kier molecular flexibility index (Phi) is 2.56. The van der Waals surface area contributed by atoms with Crippen molar-refractivity contribution in [3.05, 3.63) is 30.0 Å². The molecule has 0 saturated heterocycles. The Labute approximate surface area is 115 Å². The van der Waals surface area contributed by atoms with Gasteiger partial charge < -0.3 is 5.32 Å². The van der Waals surface area contributed by atoms with E-state index in [-0.39, 0.29) is 11.8 Å². The Morgan fingerprint density at radius 3 is 3.05 bits per heavy atom. The third-order valence-electron chi connectivity index (χ3n) is 3.68. The van der Waals surface area contributed by atoms with E-state index in [9.17, 15) is 4.79 Å². The molecule has 1 saturated carbocycles. The van der Waals surface area contributed by atoms with E-state index in [0.717, 1.165) is 37.3 Å². The van der Waals surface area contributed by atoms with Crippen molar-refractivity contribution in [2.75, 3.05) is 18.4 Å². The van der Waals surface area contributed by atoms with Gasteiger partial charge in [0.25, 0.3) is 0 Å². The van der Waals surface area contributed by atoms with Crippen LogP contribution in [0.5, 0.6) is 0 Å². The lowest BCUT2D eigenvalue weighted by Gasteiger charge is -2.03. The summed E-state index contributed by atoms with van der Waals surface area (Å²) in [6.07, 6.45) is 4.10. The second-order valence-corrected chi connectivity index (χ2v) is 5.24. The zero-order valence-corrected chi connectivity index (χ0v) is 11.0. The molecule has 0 unspecified atom stereocenters. The van der Waals surface area contributed by atoms with E-state index in [0.29, 0.717) is 5.95 Å². The molecule has 0 bridgehead atoms. The van der Waals surface area contributed by atoms with Gasteiger partial charge in [0.2, 0.25) is 11.9 Å². The Bertz CT molecular complexity index is 713. The fourth-order valence-corrected chi connectivity index (χ4v) is 2.43. The molecule has 1 aliphatic carbocycles. The molecule has 0 atom stereocenters. The lowest BCUT2D eigenvalue weighted by atomic mass is 10.2. The molecule has 6 heteroatoms. The summed E-state index contributed by atoms with van der Waals surface area (Å²) in [6.45, 7) is 1.72. The van der Waals surface area contributed by atoms with Crippen molar-refractivity contribution in [1.29, 1.82) is 0 Å². The molecule has 1 amide bonds. The summed E-state index contributed by atoms with van der Waals surface area (Å²) in [7, 11) is 0. The molecule has 0 aromatic carbocycles. The molecule has 1 fully saturated rings. The van der Waals surface area contributed by atoms with Crippen molar-refractivity contribution < 1.29 is 4.79 Å². The zero-order chi connectivity index (χ0) is 13.5. The normalized spacial score (nSPS) is 18.3. The maximum atomic E-state index is 11.8. The van der Waals surface area contributed by atoms with Crippen LogP contribution < -0.4 is 10.6 Å². The number of nitrogens with one attached hydrogen (secondary N) is 2. The minimum atomic E-state index is 0.0317. The standard InChI is InChI=1S/C14H15N5O/c20-13(9-4-5-9)17-14-16-12-3-1-2-11(19(12)18-14)10-6-7-15-8-10/h1-3,6,9,15H,4-5,7-8H2,(H,17,18,20). The van der Waals surface area contributed by atoms with Crippen LogP contribution in [0.4, 0.5) is 5.95 Å². The van der Waals surface area contributed by atoms with Gasteiger partial charge in [-0.25, -0.2) is 4.52 Å². The lowest BCUT2D eigenvalue weighted by Crippen LogP contribution is -2.14. The van der Waals surface area contributed by atoms with Crippen molar-refractivity contribution in [2.45, 2.75) is 12.8 Å². The van der Waals surface area contributed by atoms with Crippen molar-refractivity contribution in [2.24, 2.45) is 5.92 Å². The van der Waals surface area contributed by atoms with E-state index < -0.39 is 0 Å². The first-order valence-electron chi connectivity index (χ1n) is 6.88. The fraction of sp³-hybridized carbons (Fsp3) is 0.357. The number of pyridine rings is 1. The highest BCUT2D eigenvalue weighted by atomic mass is 16.2. The minimum Gasteiger partial charge on any atom is -0.309 e. The summed E-state index contributed by atoms with van der Waals surface area (Å²) in [5.74, 6) is 0.577. The SMILES string of the molecule is O=C(Nc1nc2cccc(C3=CCNC3)n2n1)C1CC1. The highest BCUT2D eigenvalue weighted by molar-refractivity contribution is 5.92. The van der Waals surface area contributed by atoms with E-state index in [1.165, 1.54) is 5.57 Å². The number of rotatable bonds is 3. The van der Waals surface area contributed by atoms with Gasteiger partial charge in [0.1, 0.15) is 0 Å². The minimum absolute atomic E-state index is 0.0317. The molecular weight excluding hydrogens is 254 g/mol. The second kappa shape index (κ2) is 4.42. The number of amides is 1. The second-order valence-electron chi connectivity index (χ2n) is 5.24. The number of hydrogen-bond acceptors (Lipinski definition) is 4. The van der Waals surface area contributed by atoms with Gasteiger partial charge in [0, 0.05) is 19.0 Å². The van der Waals surface area contributed by atoms with E-state index in [1.807, 2.05) is 18.2 Å². The van der Waals surface area contributed by atoms with Gasteiger partial charge >= 0.3 is 0 Å². The van der Waals surface area contributed by atoms with Crippen LogP contribution in [0.3, 0.4) is 0 Å². The van der Waals surface area contributed by atoms with Crippen LogP contribution in [0, 0.1) is 5.92 Å². The maximum Gasteiger partial charge on any atom is 0.249 e. The van der Waals surface area contributed by atoms with Gasteiger partial charge in [-0.05, 0) is 30.5 Å². The van der Waals surface area contributed by atoms with E-state index in [1.54, 1.807) is 4.52 Å². The smallest absolute Gasteiger partial charge is 0.249 e. The predicted octanol–water partition coefficient (Wildman–Crippen LogP) is 1.06. The molecule has 0 radical (unpaired) electrons. The topological polar surface area (TPSA) is 71.3 Å². The molecule has 2 aromatic heterocycles. The van der Waals surface area contributed by atoms with Crippen molar-refractivity contribution in [3.8, 4) is 0 Å². The summed E-state index contributed by atoms with van der Waals surface area (Å²) in [6, 6.07) is 5.88. The summed E-state index contributed by atoms with van der Waals surface area (Å²) in [5.41, 5.74) is 2.98. The Hall–Kier alpha value is -2.21. The van der Waals surface area contributed by atoms with Gasteiger partial charge in [0.05, 0.1) is 5.69 Å². The molecule has 102 valence electrons. The third-order valence-corrected chi connectivity index (χ3v) is 3.68. The summed E-state index contributed by atoms with van der Waals surface area (Å²) < 4.78 is 1.79. The van der Waals surface area contributed by atoms with Gasteiger partial charge in [-0.3, -0.25) is 10.1 Å². The summed E-state index contributed by atoms with van der Waals surface area (Å²) in [5, 5.41) is 10.5. The van der Waals surface area contributed by atoms with Crippen LogP contribution >= 0.6 is 0 Å². The summed E-state index contributed by atoms with van der Waals surface area (Å²) in [4.78, 5) is 16.1. The van der Waals surface area contributed by atoms with Crippen LogP contribution in [0.15, 0.2) is 24.3 Å². The molecule has 2 N–H and O–H groups in total. The predicted molar refractivity (Wildman–Crippen MR) is 75.2 cm³/mol. The summed E-state index contributed by atoms with van der Waals surface area (Å²) >= 11 is 0. The number of carbonyl (C=O) groups excluding carboxylic acids is 1. The largest absolute Gasteiger partial charge is 0.309 e. The number of carbonyl (C=O) groups is 1. The van der Waals surface area contributed by atoms with Gasteiger partial charge in [-0.2, -0.15) is 4.98 Å².